The molecule has 0 bridgehead atoms. The van der Waals surface area contributed by atoms with Gasteiger partial charge in [0.25, 0.3) is 0 Å². The first-order valence-corrected chi connectivity index (χ1v) is 3.68. The van der Waals surface area contributed by atoms with Crippen molar-refractivity contribution in [2.24, 2.45) is 0 Å². The highest BCUT2D eigenvalue weighted by Gasteiger charge is 1.95. The summed E-state index contributed by atoms with van der Waals surface area (Å²) in [5.41, 5.74) is 0. The van der Waals surface area contributed by atoms with Gasteiger partial charge in [0.05, 0.1) is 0 Å². The molecule has 3 heteroatoms. The summed E-state index contributed by atoms with van der Waals surface area (Å²) in [6.07, 6.45) is 5.92. The van der Waals surface area contributed by atoms with Crippen LogP contribution in [-0.2, 0) is 6.42 Å². The molecule has 0 aromatic carbocycles. The molecular formula is C7H12N2O. The predicted octanol–water partition coefficient (Wildman–Crippen LogP) is 1.80. The standard InChI is InChI=1S/C7H12N2O/c1-2-3-4-5-7-9-8-6-10-7/h6H,2-5H2,1H3. The lowest BCUT2D eigenvalue weighted by Crippen LogP contribution is -1.84. The largest absolute Gasteiger partial charge is 0.428 e. The van der Waals surface area contributed by atoms with Crippen LogP contribution in [0.25, 0.3) is 0 Å². The molecule has 0 aliphatic carbocycles. The van der Waals surface area contributed by atoms with E-state index in [1.165, 1.54) is 19.2 Å². The van der Waals surface area contributed by atoms with Crippen LogP contribution in [0.4, 0.5) is 0 Å². The van der Waals surface area contributed by atoms with Gasteiger partial charge < -0.3 is 4.42 Å². The van der Waals surface area contributed by atoms with Crippen LogP contribution < -0.4 is 0 Å². The fraction of sp³-hybridized carbons (Fsp3) is 0.714. The zero-order valence-electron chi connectivity index (χ0n) is 6.21. The van der Waals surface area contributed by atoms with Crippen molar-refractivity contribution in [1.29, 1.82) is 0 Å². The summed E-state index contributed by atoms with van der Waals surface area (Å²) in [7, 11) is 0. The van der Waals surface area contributed by atoms with Gasteiger partial charge in [0.2, 0.25) is 12.3 Å². The van der Waals surface area contributed by atoms with Crippen LogP contribution in [0.5, 0.6) is 0 Å². The molecule has 0 spiro atoms. The fourth-order valence-corrected chi connectivity index (χ4v) is 0.831. The highest BCUT2D eigenvalue weighted by atomic mass is 16.4. The molecule has 1 rings (SSSR count). The topological polar surface area (TPSA) is 38.9 Å². The Bertz CT molecular complexity index is 160. The summed E-state index contributed by atoms with van der Waals surface area (Å²) in [5, 5.41) is 7.36. The van der Waals surface area contributed by atoms with Crippen LogP contribution in [0.3, 0.4) is 0 Å². The van der Waals surface area contributed by atoms with E-state index in [4.69, 9.17) is 4.42 Å². The Kier molecular flexibility index (Phi) is 2.93. The molecule has 0 fully saturated rings. The van der Waals surface area contributed by atoms with Crippen molar-refractivity contribution in [2.45, 2.75) is 32.6 Å². The molecule has 0 aliphatic rings. The molecule has 10 heavy (non-hydrogen) atoms. The number of nitrogens with zero attached hydrogens (tertiary/aromatic N) is 2. The van der Waals surface area contributed by atoms with Crippen LogP contribution in [0.1, 0.15) is 32.1 Å². The van der Waals surface area contributed by atoms with Crippen molar-refractivity contribution in [3.8, 4) is 0 Å². The van der Waals surface area contributed by atoms with Crippen LogP contribution in [0.15, 0.2) is 10.8 Å². The van der Waals surface area contributed by atoms with E-state index in [9.17, 15) is 0 Å². The van der Waals surface area contributed by atoms with Gasteiger partial charge in [-0.15, -0.1) is 10.2 Å². The Morgan fingerprint density at radius 1 is 1.50 bits per heavy atom. The average Bonchev–Trinajstić information content (AvgIpc) is 2.41. The number of aryl methyl sites for hydroxylation is 1. The summed E-state index contributed by atoms with van der Waals surface area (Å²) in [4.78, 5) is 0. The first-order valence-electron chi connectivity index (χ1n) is 3.68. The molecule has 0 amide bonds. The molecule has 0 aliphatic heterocycles. The van der Waals surface area contributed by atoms with Gasteiger partial charge in [0.1, 0.15) is 0 Å². The molecule has 0 saturated carbocycles. The van der Waals surface area contributed by atoms with Crippen LogP contribution in [-0.4, -0.2) is 10.2 Å². The lowest BCUT2D eigenvalue weighted by Gasteiger charge is -1.90. The summed E-state index contributed by atoms with van der Waals surface area (Å²) in [6, 6.07) is 0. The molecule has 0 N–H and O–H groups in total. The SMILES string of the molecule is CCCCCc1nnco1. The second-order valence-electron chi connectivity index (χ2n) is 2.29. The van der Waals surface area contributed by atoms with Gasteiger partial charge in [-0.2, -0.15) is 0 Å². The van der Waals surface area contributed by atoms with Crippen molar-refractivity contribution in [2.75, 3.05) is 0 Å². The van der Waals surface area contributed by atoms with E-state index in [0.717, 1.165) is 18.7 Å². The lowest BCUT2D eigenvalue weighted by atomic mass is 10.2. The first-order chi connectivity index (χ1) is 4.93. The third-order valence-electron chi connectivity index (χ3n) is 1.40. The maximum absolute atomic E-state index is 4.96. The summed E-state index contributed by atoms with van der Waals surface area (Å²) in [5.74, 6) is 0.758. The number of unbranched alkanes of at least 4 members (excludes halogenated alkanes) is 2. The van der Waals surface area contributed by atoms with Gasteiger partial charge in [0, 0.05) is 6.42 Å². The van der Waals surface area contributed by atoms with E-state index < -0.39 is 0 Å². The minimum absolute atomic E-state index is 0.758. The fourth-order valence-electron chi connectivity index (χ4n) is 0.831. The third kappa shape index (κ3) is 2.17. The maximum Gasteiger partial charge on any atom is 0.216 e. The molecule has 1 aromatic rings. The highest BCUT2D eigenvalue weighted by molar-refractivity contribution is 4.71. The number of hydrogen-bond acceptors (Lipinski definition) is 3. The maximum atomic E-state index is 4.96. The van der Waals surface area contributed by atoms with Gasteiger partial charge in [-0.25, -0.2) is 0 Å². The van der Waals surface area contributed by atoms with Gasteiger partial charge in [0.15, 0.2) is 0 Å². The van der Waals surface area contributed by atoms with Gasteiger partial charge >= 0.3 is 0 Å². The van der Waals surface area contributed by atoms with E-state index in [-0.39, 0.29) is 0 Å². The van der Waals surface area contributed by atoms with Gasteiger partial charge in [-0.05, 0) is 6.42 Å². The zero-order valence-corrected chi connectivity index (χ0v) is 6.21. The molecule has 56 valence electrons. The highest BCUT2D eigenvalue weighted by Crippen LogP contribution is 2.01. The van der Waals surface area contributed by atoms with E-state index in [1.807, 2.05) is 0 Å². The molecular weight excluding hydrogens is 128 g/mol. The zero-order chi connectivity index (χ0) is 7.23. The Hall–Kier alpha value is -0.860. The Morgan fingerprint density at radius 3 is 3.00 bits per heavy atom. The Balaban J connectivity index is 2.15. The van der Waals surface area contributed by atoms with Crippen LogP contribution in [0, 0.1) is 0 Å². The van der Waals surface area contributed by atoms with Gasteiger partial charge in [-0.1, -0.05) is 19.8 Å². The molecule has 3 nitrogen and oxygen atoms in total. The van der Waals surface area contributed by atoms with E-state index in [0.29, 0.717) is 0 Å². The molecule has 0 atom stereocenters. The Morgan fingerprint density at radius 2 is 2.40 bits per heavy atom. The van der Waals surface area contributed by atoms with Crippen LogP contribution >= 0.6 is 0 Å². The first kappa shape index (κ1) is 7.25. The quantitative estimate of drug-likeness (QED) is 0.598. The van der Waals surface area contributed by atoms with Crippen molar-refractivity contribution in [3.63, 3.8) is 0 Å². The van der Waals surface area contributed by atoms with Crippen molar-refractivity contribution >= 4 is 0 Å². The minimum Gasteiger partial charge on any atom is -0.428 e. The summed E-state index contributed by atoms with van der Waals surface area (Å²) < 4.78 is 4.96. The number of hydrogen-bond donors (Lipinski definition) is 0. The van der Waals surface area contributed by atoms with Crippen LogP contribution in [0.2, 0.25) is 0 Å². The second-order valence-corrected chi connectivity index (χ2v) is 2.29. The number of aromatic nitrogens is 2. The molecule has 0 radical (unpaired) electrons. The smallest absolute Gasteiger partial charge is 0.216 e. The van der Waals surface area contributed by atoms with E-state index in [2.05, 4.69) is 17.1 Å². The normalized spacial score (nSPS) is 10.1. The van der Waals surface area contributed by atoms with Crippen molar-refractivity contribution in [3.05, 3.63) is 12.3 Å². The monoisotopic (exact) mass is 140 g/mol. The molecule has 1 heterocycles. The molecule has 0 unspecified atom stereocenters. The predicted molar refractivity (Wildman–Crippen MR) is 37.5 cm³/mol. The average molecular weight is 140 g/mol. The lowest BCUT2D eigenvalue weighted by molar-refractivity contribution is 0.481. The molecule has 0 saturated heterocycles. The van der Waals surface area contributed by atoms with E-state index >= 15 is 0 Å². The van der Waals surface area contributed by atoms with Crippen molar-refractivity contribution in [1.82, 2.24) is 10.2 Å². The van der Waals surface area contributed by atoms with Gasteiger partial charge in [-0.3, -0.25) is 0 Å². The summed E-state index contributed by atoms with van der Waals surface area (Å²) >= 11 is 0. The summed E-state index contributed by atoms with van der Waals surface area (Å²) in [6.45, 7) is 2.17. The van der Waals surface area contributed by atoms with Crippen molar-refractivity contribution < 1.29 is 4.42 Å². The third-order valence-corrected chi connectivity index (χ3v) is 1.40. The van der Waals surface area contributed by atoms with E-state index in [1.54, 1.807) is 0 Å². The molecule has 1 aromatic heterocycles. The minimum atomic E-state index is 0.758. The Labute approximate surface area is 60.5 Å². The number of rotatable bonds is 4. The second kappa shape index (κ2) is 4.04.